The third-order valence-electron chi connectivity index (χ3n) is 4.28. The molecule has 2 aromatic rings. The average molecular weight is 448 g/mol. The van der Waals surface area contributed by atoms with Gasteiger partial charge in [0.1, 0.15) is 10.9 Å². The van der Waals surface area contributed by atoms with Crippen LogP contribution in [0.25, 0.3) is 6.08 Å². The van der Waals surface area contributed by atoms with Gasteiger partial charge in [-0.3, -0.25) is 24.2 Å². The van der Waals surface area contributed by atoms with Crippen LogP contribution >= 0.6 is 35.3 Å². The Morgan fingerprint density at radius 1 is 1.34 bits per heavy atom. The zero-order valence-electron chi connectivity index (χ0n) is 15.8. The van der Waals surface area contributed by atoms with Crippen LogP contribution in [0.1, 0.15) is 23.7 Å². The molecule has 0 bridgehead atoms. The van der Waals surface area contributed by atoms with Crippen molar-refractivity contribution in [3.63, 3.8) is 0 Å². The van der Waals surface area contributed by atoms with E-state index in [1.165, 1.54) is 18.3 Å². The number of anilines is 2. The van der Waals surface area contributed by atoms with Crippen LogP contribution in [0.3, 0.4) is 0 Å². The number of thiazole rings is 1. The molecule has 29 heavy (non-hydrogen) atoms. The minimum atomic E-state index is -1.14. The van der Waals surface area contributed by atoms with Gasteiger partial charge in [-0.05, 0) is 37.1 Å². The fraction of sp³-hybridized carbons (Fsp3) is 0.211. The number of carboxylic acids is 1. The van der Waals surface area contributed by atoms with E-state index >= 15 is 0 Å². The Kier molecular flexibility index (Phi) is 6.15. The molecule has 0 unspecified atom stereocenters. The third-order valence-corrected chi connectivity index (χ3v) is 6.50. The minimum absolute atomic E-state index is 0.174. The van der Waals surface area contributed by atoms with Crippen molar-refractivity contribution in [3.05, 3.63) is 45.3 Å². The smallest absolute Gasteiger partial charge is 0.323 e. The van der Waals surface area contributed by atoms with Gasteiger partial charge < -0.3 is 5.11 Å². The second-order valence-corrected chi connectivity index (χ2v) is 8.80. The molecular formula is C19H17N3O4S3. The molecule has 10 heteroatoms. The van der Waals surface area contributed by atoms with Crippen molar-refractivity contribution in [2.45, 2.75) is 20.8 Å². The van der Waals surface area contributed by atoms with E-state index < -0.39 is 18.4 Å². The number of carbonyl (C=O) groups excluding carboxylic acids is 2. The van der Waals surface area contributed by atoms with Gasteiger partial charge in [0, 0.05) is 12.3 Å². The zero-order valence-corrected chi connectivity index (χ0v) is 18.3. The van der Waals surface area contributed by atoms with Crippen LogP contribution in [0.2, 0.25) is 0 Å². The first kappa shape index (κ1) is 21.2. The fourth-order valence-corrected chi connectivity index (χ4v) is 4.81. The van der Waals surface area contributed by atoms with Crippen molar-refractivity contribution < 1.29 is 19.5 Å². The zero-order chi connectivity index (χ0) is 21.3. The van der Waals surface area contributed by atoms with Gasteiger partial charge in [-0.25, -0.2) is 4.98 Å². The Hall–Kier alpha value is -2.56. The van der Waals surface area contributed by atoms with E-state index in [9.17, 15) is 14.4 Å². The van der Waals surface area contributed by atoms with Crippen molar-refractivity contribution in [2.75, 3.05) is 11.4 Å². The summed E-state index contributed by atoms with van der Waals surface area (Å²) in [4.78, 5) is 43.0. The highest BCUT2D eigenvalue weighted by Crippen LogP contribution is 2.35. The highest BCUT2D eigenvalue weighted by molar-refractivity contribution is 8.26. The molecule has 1 aliphatic rings. The first-order valence-corrected chi connectivity index (χ1v) is 10.6. The van der Waals surface area contributed by atoms with Crippen molar-refractivity contribution >= 4 is 74.3 Å². The minimum Gasteiger partial charge on any atom is -0.480 e. The molecule has 0 spiro atoms. The van der Waals surface area contributed by atoms with Crippen molar-refractivity contribution in [1.29, 1.82) is 0 Å². The number of thiocarbonyl (C=S) groups is 1. The normalized spacial score (nSPS) is 15.3. The molecule has 0 saturated carbocycles. The Morgan fingerprint density at radius 3 is 2.72 bits per heavy atom. The number of nitrogens with zero attached hydrogens (tertiary/aromatic N) is 3. The van der Waals surface area contributed by atoms with Gasteiger partial charge >= 0.3 is 5.97 Å². The van der Waals surface area contributed by atoms with Crippen molar-refractivity contribution in [2.24, 2.45) is 0 Å². The monoisotopic (exact) mass is 447 g/mol. The van der Waals surface area contributed by atoms with Gasteiger partial charge in [0.2, 0.25) is 5.91 Å². The maximum atomic E-state index is 12.4. The highest BCUT2D eigenvalue weighted by atomic mass is 32.2. The Balaban J connectivity index is 1.92. The molecule has 1 aliphatic heterocycles. The molecule has 150 valence electrons. The average Bonchev–Trinajstić information content (AvgIpc) is 3.19. The predicted octanol–water partition coefficient (Wildman–Crippen LogP) is 3.73. The molecule has 1 saturated heterocycles. The Bertz CT molecular complexity index is 1060. The molecule has 1 fully saturated rings. The lowest BCUT2D eigenvalue weighted by Crippen LogP contribution is -2.33. The lowest BCUT2D eigenvalue weighted by molar-refractivity contribution is -0.140. The fourth-order valence-electron chi connectivity index (χ4n) is 2.74. The van der Waals surface area contributed by atoms with E-state index in [1.807, 2.05) is 32.0 Å². The molecular weight excluding hydrogens is 430 g/mol. The van der Waals surface area contributed by atoms with Crippen LogP contribution in [-0.2, 0) is 14.4 Å². The number of aromatic nitrogens is 1. The topological polar surface area (TPSA) is 90.8 Å². The number of amides is 2. The van der Waals surface area contributed by atoms with E-state index in [0.29, 0.717) is 15.7 Å². The van der Waals surface area contributed by atoms with E-state index in [0.717, 1.165) is 33.5 Å². The van der Waals surface area contributed by atoms with Gasteiger partial charge in [0.05, 0.1) is 16.3 Å². The van der Waals surface area contributed by atoms with E-state index in [2.05, 4.69) is 4.98 Å². The number of carboxylic acid groups (broad SMARTS) is 1. The van der Waals surface area contributed by atoms with Crippen molar-refractivity contribution in [1.82, 2.24) is 9.88 Å². The molecule has 1 aromatic heterocycles. The summed E-state index contributed by atoms with van der Waals surface area (Å²) in [7, 11) is 0. The van der Waals surface area contributed by atoms with Crippen LogP contribution in [0.15, 0.2) is 28.5 Å². The van der Waals surface area contributed by atoms with Crippen LogP contribution < -0.4 is 4.90 Å². The number of rotatable bonds is 5. The third kappa shape index (κ3) is 4.39. The van der Waals surface area contributed by atoms with Gasteiger partial charge in [0.15, 0.2) is 5.13 Å². The maximum Gasteiger partial charge on any atom is 0.323 e. The Morgan fingerprint density at radius 2 is 2.07 bits per heavy atom. The summed E-state index contributed by atoms with van der Waals surface area (Å²) in [5.74, 6) is -1.77. The highest BCUT2D eigenvalue weighted by Gasteiger charge is 2.33. The molecule has 1 N–H and O–H groups in total. The number of thioether (sulfide) groups is 1. The number of benzene rings is 1. The maximum absolute atomic E-state index is 12.4. The van der Waals surface area contributed by atoms with E-state index in [-0.39, 0.29) is 10.2 Å². The predicted molar refractivity (Wildman–Crippen MR) is 118 cm³/mol. The lowest BCUT2D eigenvalue weighted by Gasteiger charge is -2.21. The van der Waals surface area contributed by atoms with Gasteiger partial charge in [0.25, 0.3) is 5.91 Å². The first-order valence-electron chi connectivity index (χ1n) is 8.48. The standard InChI is InChI=1S/C19H17N3O4S3/c1-10-5-4-6-14(11(10)2)22(12(3)23)18-20-13(9-28-18)7-15-17(26)21(8-16(24)25)19(27)29-15/h4-7,9H,8H2,1-3H3,(H,24,25)/b15-7-. The summed E-state index contributed by atoms with van der Waals surface area (Å²) >= 11 is 7.41. The Labute approximate surface area is 181 Å². The summed E-state index contributed by atoms with van der Waals surface area (Å²) in [5.41, 5.74) is 3.30. The molecule has 2 amide bonds. The summed E-state index contributed by atoms with van der Waals surface area (Å²) in [6, 6.07) is 5.72. The van der Waals surface area contributed by atoms with Crippen LogP contribution in [0, 0.1) is 13.8 Å². The van der Waals surface area contributed by atoms with Crippen LogP contribution in [0.5, 0.6) is 0 Å². The second kappa shape index (κ2) is 8.44. The van der Waals surface area contributed by atoms with E-state index in [1.54, 1.807) is 16.4 Å². The van der Waals surface area contributed by atoms with Crippen LogP contribution in [0.4, 0.5) is 10.8 Å². The second-order valence-electron chi connectivity index (χ2n) is 6.29. The quantitative estimate of drug-likeness (QED) is 0.552. The molecule has 0 radical (unpaired) electrons. The summed E-state index contributed by atoms with van der Waals surface area (Å²) in [5, 5.41) is 11.1. The van der Waals surface area contributed by atoms with Crippen molar-refractivity contribution in [3.8, 4) is 0 Å². The summed E-state index contributed by atoms with van der Waals surface area (Å²) < 4.78 is 0.194. The van der Waals surface area contributed by atoms with E-state index in [4.69, 9.17) is 17.3 Å². The number of hydrogen-bond donors (Lipinski definition) is 1. The first-order chi connectivity index (χ1) is 13.7. The summed E-state index contributed by atoms with van der Waals surface area (Å²) in [6.45, 7) is 4.92. The number of aliphatic carboxylic acids is 1. The largest absolute Gasteiger partial charge is 0.480 e. The molecule has 2 heterocycles. The van der Waals surface area contributed by atoms with Gasteiger partial charge in [-0.1, -0.05) is 36.1 Å². The molecule has 0 atom stereocenters. The molecule has 1 aromatic carbocycles. The SMILES string of the molecule is CC(=O)N(c1nc(/C=C2\SC(=S)N(CC(=O)O)C2=O)cs1)c1cccc(C)c1C. The van der Waals surface area contributed by atoms with Crippen LogP contribution in [-0.4, -0.2) is 43.6 Å². The number of hydrogen-bond acceptors (Lipinski definition) is 7. The molecule has 7 nitrogen and oxygen atoms in total. The lowest BCUT2D eigenvalue weighted by atomic mass is 10.1. The molecule has 3 rings (SSSR count). The summed E-state index contributed by atoms with van der Waals surface area (Å²) in [6.07, 6.45) is 1.56. The number of carbonyl (C=O) groups is 3. The molecule has 0 aliphatic carbocycles. The number of aryl methyl sites for hydroxylation is 1. The van der Waals surface area contributed by atoms with Gasteiger partial charge in [-0.15, -0.1) is 11.3 Å². The van der Waals surface area contributed by atoms with Gasteiger partial charge in [-0.2, -0.15) is 0 Å².